The van der Waals surface area contributed by atoms with E-state index >= 15 is 0 Å². The molecule has 2 N–H and O–H groups in total. The van der Waals surface area contributed by atoms with Crippen molar-refractivity contribution in [1.29, 1.82) is 0 Å². The van der Waals surface area contributed by atoms with Crippen LogP contribution in [0, 0.1) is 0 Å². The van der Waals surface area contributed by atoms with Crippen LogP contribution in [0.4, 0.5) is 5.95 Å². The molecule has 0 saturated heterocycles. The molecule has 26 heavy (non-hydrogen) atoms. The summed E-state index contributed by atoms with van der Waals surface area (Å²) in [7, 11) is 0. The van der Waals surface area contributed by atoms with E-state index in [-0.39, 0.29) is 11.1 Å². The van der Waals surface area contributed by atoms with Gasteiger partial charge in [-0.25, -0.2) is 19.6 Å². The molecule has 4 aromatic rings. The van der Waals surface area contributed by atoms with Gasteiger partial charge in [-0.3, -0.25) is 9.78 Å². The molecule has 8 nitrogen and oxygen atoms in total. The normalized spacial score (nSPS) is 11.0. The summed E-state index contributed by atoms with van der Waals surface area (Å²) in [6, 6.07) is 6.99. The van der Waals surface area contributed by atoms with Crippen molar-refractivity contribution in [2.45, 2.75) is 6.54 Å². The number of hydrogen-bond donors (Lipinski definition) is 2. The summed E-state index contributed by atoms with van der Waals surface area (Å²) >= 11 is 11.9. The minimum atomic E-state index is -0.360. The zero-order valence-electron chi connectivity index (χ0n) is 13.1. The summed E-state index contributed by atoms with van der Waals surface area (Å²) in [5.41, 5.74) is 1.17. The van der Waals surface area contributed by atoms with Crippen molar-refractivity contribution in [2.75, 3.05) is 5.32 Å². The molecular formula is C16H11Cl2N7O. The number of nitrogens with zero attached hydrogens (tertiary/aromatic N) is 5. The predicted octanol–water partition coefficient (Wildman–Crippen LogP) is 2.82. The van der Waals surface area contributed by atoms with E-state index < -0.39 is 0 Å². The highest BCUT2D eigenvalue weighted by Gasteiger charge is 2.11. The highest BCUT2D eigenvalue weighted by atomic mass is 35.5. The zero-order valence-corrected chi connectivity index (χ0v) is 14.7. The van der Waals surface area contributed by atoms with Crippen LogP contribution in [0.5, 0.6) is 0 Å². The number of rotatable bonds is 4. The molecule has 0 fully saturated rings. The Labute approximate surface area is 156 Å². The van der Waals surface area contributed by atoms with Crippen LogP contribution in [-0.4, -0.2) is 29.7 Å². The lowest BCUT2D eigenvalue weighted by molar-refractivity contribution is 0.817. The first-order valence-electron chi connectivity index (χ1n) is 7.55. The van der Waals surface area contributed by atoms with E-state index in [9.17, 15) is 4.79 Å². The molecule has 0 radical (unpaired) electrons. The topological polar surface area (TPSA) is 101 Å². The summed E-state index contributed by atoms with van der Waals surface area (Å²) in [5.74, 6) is 0.678. The Kier molecular flexibility index (Phi) is 4.27. The lowest BCUT2D eigenvalue weighted by atomic mass is 10.2. The number of benzene rings is 1. The van der Waals surface area contributed by atoms with Crippen LogP contribution >= 0.6 is 23.2 Å². The summed E-state index contributed by atoms with van der Waals surface area (Å²) < 4.78 is 1.41. The maximum absolute atomic E-state index is 12.3. The minimum Gasteiger partial charge on any atom is -0.352 e. The van der Waals surface area contributed by atoms with Gasteiger partial charge in [-0.05, 0) is 23.8 Å². The Balaban J connectivity index is 1.62. The highest BCUT2D eigenvalue weighted by Crippen LogP contribution is 2.22. The van der Waals surface area contributed by atoms with Crippen molar-refractivity contribution < 1.29 is 0 Å². The molecule has 0 spiro atoms. The summed E-state index contributed by atoms with van der Waals surface area (Å²) in [6.45, 7) is 0.418. The van der Waals surface area contributed by atoms with Crippen molar-refractivity contribution in [1.82, 2.24) is 29.7 Å². The average Bonchev–Trinajstić information content (AvgIpc) is 3.08. The Morgan fingerprint density at radius 1 is 1.15 bits per heavy atom. The Hall–Kier alpha value is -2.97. The minimum absolute atomic E-state index is 0.206. The van der Waals surface area contributed by atoms with E-state index in [1.807, 2.05) is 6.07 Å². The molecule has 3 aromatic heterocycles. The largest absolute Gasteiger partial charge is 0.352 e. The molecule has 10 heteroatoms. The van der Waals surface area contributed by atoms with Gasteiger partial charge < -0.3 is 5.32 Å². The highest BCUT2D eigenvalue weighted by molar-refractivity contribution is 6.42. The Morgan fingerprint density at radius 2 is 1.96 bits per heavy atom. The second-order valence-corrected chi connectivity index (χ2v) is 6.19. The van der Waals surface area contributed by atoms with Crippen molar-refractivity contribution in [3.8, 4) is 5.95 Å². The molecule has 0 aliphatic carbocycles. The first kappa shape index (κ1) is 16.5. The lowest BCUT2D eigenvalue weighted by Crippen LogP contribution is -2.13. The fourth-order valence-electron chi connectivity index (χ4n) is 2.35. The van der Waals surface area contributed by atoms with Gasteiger partial charge in [0.05, 0.1) is 16.2 Å². The molecule has 0 atom stereocenters. The summed E-state index contributed by atoms with van der Waals surface area (Å²) in [4.78, 5) is 27.5. The molecule has 0 unspecified atom stereocenters. The Morgan fingerprint density at radius 3 is 2.73 bits per heavy atom. The number of hydrogen-bond acceptors (Lipinski definition) is 6. The molecule has 130 valence electrons. The van der Waals surface area contributed by atoms with Gasteiger partial charge in [-0.15, -0.1) is 0 Å². The van der Waals surface area contributed by atoms with E-state index in [0.717, 1.165) is 5.56 Å². The fourth-order valence-corrected chi connectivity index (χ4v) is 2.68. The van der Waals surface area contributed by atoms with Crippen molar-refractivity contribution in [3.05, 3.63) is 68.8 Å². The number of H-pyrrole nitrogens is 1. The van der Waals surface area contributed by atoms with Gasteiger partial charge in [-0.1, -0.05) is 29.3 Å². The van der Waals surface area contributed by atoms with Gasteiger partial charge in [0.25, 0.3) is 11.5 Å². The maximum Gasteiger partial charge on any atom is 0.280 e. The standard InChI is InChI=1S/C16H11Cl2N7O/c17-10-3-2-9(6-11(10)18)7-21-15-22-12-8-25(16-19-4-1-5-20-16)24-13(12)14(26)23-15/h1-6,8H,7H2,(H2,21,22,23,26). The molecule has 0 bridgehead atoms. The number of halogens is 2. The third-order valence-electron chi connectivity index (χ3n) is 3.58. The molecule has 4 rings (SSSR count). The van der Waals surface area contributed by atoms with E-state index in [1.165, 1.54) is 4.68 Å². The molecule has 0 amide bonds. The van der Waals surface area contributed by atoms with Crippen LogP contribution in [0.25, 0.3) is 17.0 Å². The van der Waals surface area contributed by atoms with E-state index in [4.69, 9.17) is 23.2 Å². The van der Waals surface area contributed by atoms with E-state index in [2.05, 4.69) is 30.4 Å². The first-order chi connectivity index (χ1) is 12.6. The third-order valence-corrected chi connectivity index (χ3v) is 4.31. The summed E-state index contributed by atoms with van der Waals surface area (Å²) in [5, 5.41) is 8.19. The number of anilines is 1. The number of aromatic nitrogens is 6. The second-order valence-electron chi connectivity index (χ2n) is 5.37. The predicted molar refractivity (Wildman–Crippen MR) is 98.9 cm³/mol. The lowest BCUT2D eigenvalue weighted by Gasteiger charge is -2.06. The van der Waals surface area contributed by atoms with Crippen molar-refractivity contribution in [3.63, 3.8) is 0 Å². The van der Waals surface area contributed by atoms with E-state index in [1.54, 1.807) is 36.8 Å². The van der Waals surface area contributed by atoms with Gasteiger partial charge in [0, 0.05) is 18.9 Å². The van der Waals surface area contributed by atoms with Gasteiger partial charge in [0.2, 0.25) is 5.95 Å². The smallest absolute Gasteiger partial charge is 0.280 e. The molecule has 3 heterocycles. The molecule has 0 aliphatic heterocycles. The second kappa shape index (κ2) is 6.74. The third kappa shape index (κ3) is 3.24. The van der Waals surface area contributed by atoms with Gasteiger partial charge in [-0.2, -0.15) is 5.10 Å². The molecule has 0 aliphatic rings. The van der Waals surface area contributed by atoms with E-state index in [0.29, 0.717) is 34.0 Å². The van der Waals surface area contributed by atoms with Crippen LogP contribution in [-0.2, 0) is 6.54 Å². The number of fused-ring (bicyclic) bond motifs is 1. The molecular weight excluding hydrogens is 377 g/mol. The van der Waals surface area contributed by atoms with Crippen LogP contribution in [0.2, 0.25) is 10.0 Å². The molecule has 0 saturated carbocycles. The quantitative estimate of drug-likeness (QED) is 0.558. The number of nitrogens with one attached hydrogen (secondary N) is 2. The monoisotopic (exact) mass is 387 g/mol. The van der Waals surface area contributed by atoms with Crippen molar-refractivity contribution >= 4 is 40.2 Å². The van der Waals surface area contributed by atoms with Gasteiger partial charge in [0.1, 0.15) is 5.52 Å². The fraction of sp³-hybridized carbons (Fsp3) is 0.0625. The van der Waals surface area contributed by atoms with Crippen LogP contribution in [0.1, 0.15) is 5.56 Å². The van der Waals surface area contributed by atoms with Gasteiger partial charge in [0.15, 0.2) is 5.52 Å². The summed E-state index contributed by atoms with van der Waals surface area (Å²) in [6.07, 6.45) is 4.79. The first-order valence-corrected chi connectivity index (χ1v) is 8.30. The van der Waals surface area contributed by atoms with Gasteiger partial charge >= 0.3 is 0 Å². The van der Waals surface area contributed by atoms with Crippen LogP contribution in [0.15, 0.2) is 47.7 Å². The van der Waals surface area contributed by atoms with Crippen LogP contribution < -0.4 is 10.9 Å². The Bertz CT molecular complexity index is 1140. The number of aromatic amines is 1. The average molecular weight is 388 g/mol. The SMILES string of the molecule is O=c1[nH]c(NCc2ccc(Cl)c(Cl)c2)nc2cn(-c3ncccn3)nc12. The maximum atomic E-state index is 12.3. The van der Waals surface area contributed by atoms with Crippen LogP contribution in [0.3, 0.4) is 0 Å². The zero-order chi connectivity index (χ0) is 18.1. The van der Waals surface area contributed by atoms with Crippen molar-refractivity contribution in [2.24, 2.45) is 0 Å². The molecule has 1 aromatic carbocycles.